The molecule has 1 radical (unpaired) electrons. The summed E-state index contributed by atoms with van der Waals surface area (Å²) in [5.74, 6) is 0.339. The van der Waals surface area contributed by atoms with Gasteiger partial charge in [-0.15, -0.1) is 5.10 Å². The van der Waals surface area contributed by atoms with E-state index in [1.165, 1.54) is 0 Å². The maximum Gasteiger partial charge on any atom is 0.224 e. The van der Waals surface area contributed by atoms with Crippen molar-refractivity contribution in [2.75, 3.05) is 6.54 Å². The molecule has 16 heavy (non-hydrogen) atoms. The summed E-state index contributed by atoms with van der Waals surface area (Å²) in [7, 11) is 0. The molecule has 1 N–H and O–H groups in total. The second kappa shape index (κ2) is 6.92. The highest BCUT2D eigenvalue weighted by Crippen LogP contribution is 2.03. The molecule has 0 aliphatic carbocycles. The van der Waals surface area contributed by atoms with Crippen molar-refractivity contribution in [3.05, 3.63) is 12.7 Å². The molecular formula is C10H18N5O. The number of hydrogen-bond acceptors (Lipinski definition) is 4. The third-order valence-electron chi connectivity index (χ3n) is 2.33. The highest BCUT2D eigenvalue weighted by Gasteiger charge is 2.06. The Hall–Kier alpha value is -1.46. The molecule has 0 bridgehead atoms. The Morgan fingerprint density at radius 1 is 1.62 bits per heavy atom. The summed E-state index contributed by atoms with van der Waals surface area (Å²) >= 11 is 0. The number of nitrogens with zero attached hydrogens (tertiary/aromatic N) is 4. The average Bonchev–Trinajstić information content (AvgIpc) is 2.77. The smallest absolute Gasteiger partial charge is 0.224 e. The Morgan fingerprint density at radius 2 is 2.44 bits per heavy atom. The predicted octanol–water partition coefficient (Wildman–Crippen LogP) is 0.430. The Kier molecular flexibility index (Phi) is 5.45. The molecule has 1 heterocycles. The first kappa shape index (κ1) is 12.6. The van der Waals surface area contributed by atoms with Crippen LogP contribution in [-0.4, -0.2) is 32.7 Å². The van der Waals surface area contributed by atoms with E-state index in [0.29, 0.717) is 12.5 Å². The maximum atomic E-state index is 11.4. The number of hydrogen-bond donors (Lipinski definition) is 1. The standard InChI is InChI=1S/C10H18N5O/c1-3-9(2)7-10(16)11-5-4-6-15-8-12-13-14-15/h7-9H,3-6H2,1-2H3,(H,11,16)/t9-/m1/s1. The van der Waals surface area contributed by atoms with Crippen LogP contribution in [0.3, 0.4) is 0 Å². The molecule has 0 saturated carbocycles. The van der Waals surface area contributed by atoms with Crippen LogP contribution in [0.1, 0.15) is 26.7 Å². The highest BCUT2D eigenvalue weighted by atomic mass is 16.1. The lowest BCUT2D eigenvalue weighted by Gasteiger charge is -2.08. The fourth-order valence-electron chi connectivity index (χ4n) is 1.17. The van der Waals surface area contributed by atoms with Crippen LogP contribution in [0.25, 0.3) is 0 Å². The number of nitrogens with one attached hydrogen (secondary N) is 1. The number of tetrazole rings is 1. The van der Waals surface area contributed by atoms with Gasteiger partial charge in [0.05, 0.1) is 6.42 Å². The van der Waals surface area contributed by atoms with E-state index in [0.717, 1.165) is 19.4 Å². The predicted molar refractivity (Wildman–Crippen MR) is 59.2 cm³/mol. The van der Waals surface area contributed by atoms with Gasteiger partial charge in [-0.25, -0.2) is 4.68 Å². The van der Waals surface area contributed by atoms with Gasteiger partial charge in [0.2, 0.25) is 5.91 Å². The Bertz CT molecular complexity index is 298. The molecule has 0 aliphatic heterocycles. The molecule has 1 atom stereocenters. The van der Waals surface area contributed by atoms with Crippen LogP contribution in [0.5, 0.6) is 0 Å². The minimum Gasteiger partial charge on any atom is -0.356 e. The van der Waals surface area contributed by atoms with Crippen LogP contribution >= 0.6 is 0 Å². The third kappa shape index (κ3) is 4.86. The van der Waals surface area contributed by atoms with Crippen LogP contribution in [0.15, 0.2) is 6.33 Å². The fourth-order valence-corrected chi connectivity index (χ4v) is 1.17. The summed E-state index contributed by atoms with van der Waals surface area (Å²) in [6, 6.07) is 0. The van der Waals surface area contributed by atoms with Crippen molar-refractivity contribution in [2.24, 2.45) is 5.92 Å². The summed E-state index contributed by atoms with van der Waals surface area (Å²) in [4.78, 5) is 11.4. The first-order valence-corrected chi connectivity index (χ1v) is 5.56. The Morgan fingerprint density at radius 3 is 3.06 bits per heavy atom. The molecule has 1 rings (SSSR count). The zero-order valence-electron chi connectivity index (χ0n) is 9.76. The second-order valence-corrected chi connectivity index (χ2v) is 3.77. The van der Waals surface area contributed by atoms with Gasteiger partial charge in [-0.3, -0.25) is 4.79 Å². The van der Waals surface area contributed by atoms with Crippen LogP contribution < -0.4 is 5.32 Å². The van der Waals surface area contributed by atoms with E-state index in [1.807, 2.05) is 6.92 Å². The van der Waals surface area contributed by atoms with Crippen molar-refractivity contribution in [1.29, 1.82) is 0 Å². The fraction of sp³-hybridized carbons (Fsp3) is 0.700. The topological polar surface area (TPSA) is 72.7 Å². The first-order chi connectivity index (χ1) is 7.72. The maximum absolute atomic E-state index is 11.4. The molecule has 0 aromatic carbocycles. The molecule has 0 fully saturated rings. The molecule has 89 valence electrons. The number of amides is 1. The molecule has 1 amide bonds. The van der Waals surface area contributed by atoms with Crippen molar-refractivity contribution in [1.82, 2.24) is 25.5 Å². The number of aromatic nitrogens is 4. The van der Waals surface area contributed by atoms with Crippen molar-refractivity contribution in [2.45, 2.75) is 33.2 Å². The SMILES string of the molecule is CC[C@@H](C)[CH]C(=O)NCCCn1cnnn1. The number of rotatable bonds is 7. The number of aryl methyl sites for hydroxylation is 1. The van der Waals surface area contributed by atoms with Crippen LogP contribution in [0.4, 0.5) is 0 Å². The van der Waals surface area contributed by atoms with Gasteiger partial charge >= 0.3 is 0 Å². The van der Waals surface area contributed by atoms with E-state index in [-0.39, 0.29) is 5.91 Å². The van der Waals surface area contributed by atoms with E-state index in [4.69, 9.17) is 0 Å². The second-order valence-electron chi connectivity index (χ2n) is 3.77. The molecule has 6 heteroatoms. The molecule has 1 aromatic rings. The van der Waals surface area contributed by atoms with Crippen LogP contribution in [0, 0.1) is 12.3 Å². The van der Waals surface area contributed by atoms with E-state index >= 15 is 0 Å². The van der Waals surface area contributed by atoms with Gasteiger partial charge in [0.1, 0.15) is 6.33 Å². The number of carbonyl (C=O) groups excluding carboxylic acids is 1. The van der Waals surface area contributed by atoms with Gasteiger partial charge in [-0.2, -0.15) is 0 Å². The molecule has 0 spiro atoms. The molecule has 0 aliphatic rings. The van der Waals surface area contributed by atoms with Crippen molar-refractivity contribution in [3.63, 3.8) is 0 Å². The Balaban J connectivity index is 2.04. The quantitative estimate of drug-likeness (QED) is 0.682. The third-order valence-corrected chi connectivity index (χ3v) is 2.33. The van der Waals surface area contributed by atoms with Crippen LogP contribution in [0.2, 0.25) is 0 Å². The zero-order valence-corrected chi connectivity index (χ0v) is 9.76. The van der Waals surface area contributed by atoms with Crippen molar-refractivity contribution in [3.8, 4) is 0 Å². The van der Waals surface area contributed by atoms with Gasteiger partial charge in [0.25, 0.3) is 0 Å². The summed E-state index contributed by atoms with van der Waals surface area (Å²) in [5, 5.41) is 13.6. The lowest BCUT2D eigenvalue weighted by molar-refractivity contribution is -0.118. The van der Waals surface area contributed by atoms with E-state index in [9.17, 15) is 4.79 Å². The van der Waals surface area contributed by atoms with E-state index in [2.05, 4.69) is 27.8 Å². The zero-order chi connectivity index (χ0) is 11.8. The summed E-state index contributed by atoms with van der Waals surface area (Å²) in [5.41, 5.74) is 0. The van der Waals surface area contributed by atoms with Crippen molar-refractivity contribution >= 4 is 5.91 Å². The minimum absolute atomic E-state index is 0.00562. The van der Waals surface area contributed by atoms with E-state index in [1.54, 1.807) is 17.4 Å². The van der Waals surface area contributed by atoms with Gasteiger partial charge < -0.3 is 5.32 Å². The largest absolute Gasteiger partial charge is 0.356 e. The summed E-state index contributed by atoms with van der Waals surface area (Å²) in [6.07, 6.45) is 5.09. The normalized spacial score (nSPS) is 12.4. The highest BCUT2D eigenvalue weighted by molar-refractivity contribution is 5.84. The monoisotopic (exact) mass is 224 g/mol. The van der Waals surface area contributed by atoms with Gasteiger partial charge in [-0.05, 0) is 22.8 Å². The van der Waals surface area contributed by atoms with E-state index < -0.39 is 0 Å². The molecular weight excluding hydrogens is 206 g/mol. The Labute approximate surface area is 95.4 Å². The van der Waals surface area contributed by atoms with Crippen molar-refractivity contribution < 1.29 is 4.79 Å². The van der Waals surface area contributed by atoms with Gasteiger partial charge in [-0.1, -0.05) is 20.3 Å². The molecule has 1 aromatic heterocycles. The van der Waals surface area contributed by atoms with Gasteiger partial charge in [0, 0.05) is 13.1 Å². The first-order valence-electron chi connectivity index (χ1n) is 5.56. The lowest BCUT2D eigenvalue weighted by atomic mass is 10.1. The molecule has 0 unspecified atom stereocenters. The summed E-state index contributed by atoms with van der Waals surface area (Å²) < 4.78 is 1.64. The van der Waals surface area contributed by atoms with Crippen LogP contribution in [-0.2, 0) is 11.3 Å². The summed E-state index contributed by atoms with van der Waals surface area (Å²) in [6.45, 7) is 5.45. The minimum atomic E-state index is 0.00562. The van der Waals surface area contributed by atoms with Gasteiger partial charge in [0.15, 0.2) is 0 Å². The lowest BCUT2D eigenvalue weighted by Crippen LogP contribution is -2.27. The molecule has 6 nitrogen and oxygen atoms in total. The average molecular weight is 224 g/mol. The number of carbonyl (C=O) groups is 1. The molecule has 0 saturated heterocycles.